The molecule has 7 heteroatoms. The van der Waals surface area contributed by atoms with E-state index >= 15 is 0 Å². The van der Waals surface area contributed by atoms with Gasteiger partial charge in [0.05, 0.1) is 0 Å². The van der Waals surface area contributed by atoms with Crippen molar-refractivity contribution in [2.75, 3.05) is 24.5 Å². The molecule has 0 radical (unpaired) electrons. The molecule has 0 bridgehead atoms. The third-order valence-corrected chi connectivity index (χ3v) is 4.17. The van der Waals surface area contributed by atoms with Gasteiger partial charge in [-0.25, -0.2) is 14.6 Å². The number of carbonyl (C=O) groups excluding carboxylic acids is 1. The Morgan fingerprint density at radius 2 is 2.12 bits per heavy atom. The van der Waals surface area contributed by atoms with Crippen molar-refractivity contribution < 1.29 is 4.79 Å². The molecule has 0 atom stereocenters. The zero-order valence-electron chi connectivity index (χ0n) is 15.0. The maximum absolute atomic E-state index is 12.4. The average Bonchev–Trinajstić information content (AvgIpc) is 3.21. The van der Waals surface area contributed by atoms with Crippen LogP contribution in [0.1, 0.15) is 22.8 Å². The number of hydrogen-bond donors (Lipinski definition) is 1. The van der Waals surface area contributed by atoms with Crippen LogP contribution in [0, 0.1) is 6.92 Å². The fourth-order valence-corrected chi connectivity index (χ4v) is 2.79. The van der Waals surface area contributed by atoms with Gasteiger partial charge in [-0.15, -0.1) is 0 Å². The molecule has 3 aromatic rings. The van der Waals surface area contributed by atoms with E-state index in [2.05, 4.69) is 51.3 Å². The van der Waals surface area contributed by atoms with Gasteiger partial charge in [0.15, 0.2) is 5.82 Å². The first kappa shape index (κ1) is 17.6. The molecule has 1 amide bonds. The smallest absolute Gasteiger partial charge is 0.251 e. The monoisotopic (exact) mass is 350 g/mol. The number of nitrogens with zero attached hydrogens (tertiary/aromatic N) is 5. The van der Waals surface area contributed by atoms with E-state index in [1.165, 1.54) is 22.3 Å². The topological polar surface area (TPSA) is 75.9 Å². The summed E-state index contributed by atoms with van der Waals surface area (Å²) in [5.74, 6) is 0.430. The summed E-state index contributed by atoms with van der Waals surface area (Å²) in [6, 6.07) is 11.7. The summed E-state index contributed by atoms with van der Waals surface area (Å²) in [5, 5.41) is 7.00. The van der Waals surface area contributed by atoms with Crippen molar-refractivity contribution in [3.8, 4) is 5.82 Å². The van der Waals surface area contributed by atoms with Crippen LogP contribution in [0.2, 0.25) is 0 Å². The number of nitrogens with one attached hydrogen (secondary N) is 1. The first-order valence-electron chi connectivity index (χ1n) is 8.59. The summed E-state index contributed by atoms with van der Waals surface area (Å²) in [4.78, 5) is 22.8. The van der Waals surface area contributed by atoms with Crippen molar-refractivity contribution in [1.82, 2.24) is 25.1 Å². The maximum atomic E-state index is 12.4. The van der Waals surface area contributed by atoms with Crippen molar-refractivity contribution in [3.63, 3.8) is 0 Å². The Hall–Kier alpha value is -3.22. The third kappa shape index (κ3) is 4.05. The standard InChI is InChI=1S/C19H22N6O/c1-3-24(17-7-5-4-6-15(17)2)11-10-22-19(26)16-8-9-21-18(12-16)25-14-20-13-23-25/h4-9,12-14H,3,10-11H2,1-2H3,(H,22,26). The maximum Gasteiger partial charge on any atom is 0.251 e. The van der Waals surface area contributed by atoms with E-state index in [1.807, 2.05) is 12.1 Å². The van der Waals surface area contributed by atoms with Gasteiger partial charge in [0.1, 0.15) is 12.7 Å². The van der Waals surface area contributed by atoms with Crippen LogP contribution in [-0.2, 0) is 0 Å². The summed E-state index contributed by atoms with van der Waals surface area (Å²) < 4.78 is 1.52. The highest BCUT2D eigenvalue weighted by molar-refractivity contribution is 5.94. The molecule has 2 heterocycles. The number of likely N-dealkylation sites (N-methyl/N-ethyl adjacent to an activating group) is 1. The number of aromatic nitrogens is 4. The van der Waals surface area contributed by atoms with Gasteiger partial charge < -0.3 is 10.2 Å². The molecule has 0 fully saturated rings. The number of pyridine rings is 1. The minimum absolute atomic E-state index is 0.130. The molecule has 26 heavy (non-hydrogen) atoms. The molecular weight excluding hydrogens is 328 g/mol. The molecule has 7 nitrogen and oxygen atoms in total. The van der Waals surface area contributed by atoms with E-state index in [-0.39, 0.29) is 5.91 Å². The largest absolute Gasteiger partial charge is 0.370 e. The average molecular weight is 350 g/mol. The Balaban J connectivity index is 1.60. The Morgan fingerprint density at radius 3 is 2.85 bits per heavy atom. The molecule has 0 unspecified atom stereocenters. The predicted molar refractivity (Wildman–Crippen MR) is 101 cm³/mol. The normalized spacial score (nSPS) is 10.5. The Labute approximate surface area is 152 Å². The van der Waals surface area contributed by atoms with Gasteiger partial charge >= 0.3 is 0 Å². The van der Waals surface area contributed by atoms with E-state index in [0.29, 0.717) is 17.9 Å². The number of carbonyl (C=O) groups is 1. The van der Waals surface area contributed by atoms with Crippen LogP contribution in [0.15, 0.2) is 55.2 Å². The highest BCUT2D eigenvalue weighted by atomic mass is 16.1. The summed E-state index contributed by atoms with van der Waals surface area (Å²) in [6.45, 7) is 6.39. The molecule has 0 aliphatic heterocycles. The Morgan fingerprint density at radius 1 is 1.27 bits per heavy atom. The number of amides is 1. The molecule has 2 aromatic heterocycles. The molecule has 0 aliphatic rings. The fourth-order valence-electron chi connectivity index (χ4n) is 2.79. The predicted octanol–water partition coefficient (Wildman–Crippen LogP) is 2.23. The van der Waals surface area contributed by atoms with Crippen LogP contribution < -0.4 is 10.2 Å². The quantitative estimate of drug-likeness (QED) is 0.707. The van der Waals surface area contributed by atoms with Crippen molar-refractivity contribution in [2.24, 2.45) is 0 Å². The van der Waals surface area contributed by atoms with Gasteiger partial charge in [-0.3, -0.25) is 4.79 Å². The van der Waals surface area contributed by atoms with Crippen molar-refractivity contribution in [3.05, 3.63) is 66.4 Å². The molecule has 0 saturated carbocycles. The van der Waals surface area contributed by atoms with Gasteiger partial charge in [-0.05, 0) is 37.6 Å². The van der Waals surface area contributed by atoms with E-state index in [9.17, 15) is 4.79 Å². The molecule has 3 rings (SSSR count). The van der Waals surface area contributed by atoms with Crippen molar-refractivity contribution in [1.29, 1.82) is 0 Å². The third-order valence-electron chi connectivity index (χ3n) is 4.17. The molecular formula is C19H22N6O. The van der Waals surface area contributed by atoms with Crippen LogP contribution in [0.3, 0.4) is 0 Å². The number of aryl methyl sites for hydroxylation is 1. The number of benzene rings is 1. The second-order valence-corrected chi connectivity index (χ2v) is 5.86. The zero-order valence-corrected chi connectivity index (χ0v) is 15.0. The van der Waals surface area contributed by atoms with Crippen LogP contribution >= 0.6 is 0 Å². The molecule has 1 aromatic carbocycles. The van der Waals surface area contributed by atoms with E-state index in [4.69, 9.17) is 0 Å². The van der Waals surface area contributed by atoms with Crippen LogP contribution in [0.5, 0.6) is 0 Å². The molecule has 0 spiro atoms. The Bertz CT molecular complexity index is 862. The second-order valence-electron chi connectivity index (χ2n) is 5.86. The van der Waals surface area contributed by atoms with Gasteiger partial charge in [0.2, 0.25) is 0 Å². The second kappa shape index (κ2) is 8.24. The van der Waals surface area contributed by atoms with Gasteiger partial charge in [0, 0.05) is 37.1 Å². The lowest BCUT2D eigenvalue weighted by Crippen LogP contribution is -2.35. The van der Waals surface area contributed by atoms with Crippen LogP contribution in [0.25, 0.3) is 5.82 Å². The lowest BCUT2D eigenvalue weighted by atomic mass is 10.2. The summed E-state index contributed by atoms with van der Waals surface area (Å²) in [6.07, 6.45) is 4.57. The van der Waals surface area contributed by atoms with E-state index in [0.717, 1.165) is 13.1 Å². The van der Waals surface area contributed by atoms with Gasteiger partial charge in [-0.2, -0.15) is 5.10 Å². The lowest BCUT2D eigenvalue weighted by molar-refractivity contribution is 0.0954. The first-order valence-corrected chi connectivity index (χ1v) is 8.59. The molecule has 0 aliphatic carbocycles. The van der Waals surface area contributed by atoms with Gasteiger partial charge in [-0.1, -0.05) is 18.2 Å². The van der Waals surface area contributed by atoms with Crippen molar-refractivity contribution >= 4 is 11.6 Å². The van der Waals surface area contributed by atoms with E-state index in [1.54, 1.807) is 24.7 Å². The minimum atomic E-state index is -0.130. The minimum Gasteiger partial charge on any atom is -0.370 e. The summed E-state index contributed by atoms with van der Waals surface area (Å²) >= 11 is 0. The van der Waals surface area contributed by atoms with Gasteiger partial charge in [0.25, 0.3) is 5.91 Å². The molecule has 0 saturated heterocycles. The number of hydrogen-bond acceptors (Lipinski definition) is 5. The van der Waals surface area contributed by atoms with Crippen LogP contribution in [-0.4, -0.2) is 45.3 Å². The highest BCUT2D eigenvalue weighted by Gasteiger charge is 2.10. The summed E-state index contributed by atoms with van der Waals surface area (Å²) in [7, 11) is 0. The van der Waals surface area contributed by atoms with Crippen molar-refractivity contribution in [2.45, 2.75) is 13.8 Å². The SMILES string of the molecule is CCN(CCNC(=O)c1ccnc(-n2cncn2)c1)c1ccccc1C. The number of para-hydroxylation sites is 1. The molecule has 134 valence electrons. The first-order chi connectivity index (χ1) is 12.7. The zero-order chi connectivity index (χ0) is 18.4. The fraction of sp³-hybridized carbons (Fsp3) is 0.263. The van der Waals surface area contributed by atoms with Crippen LogP contribution in [0.4, 0.5) is 5.69 Å². The number of rotatable bonds is 7. The Kier molecular flexibility index (Phi) is 5.58. The lowest BCUT2D eigenvalue weighted by Gasteiger charge is -2.25. The number of anilines is 1. The van der Waals surface area contributed by atoms with E-state index < -0.39 is 0 Å². The molecule has 1 N–H and O–H groups in total. The highest BCUT2D eigenvalue weighted by Crippen LogP contribution is 2.18. The summed E-state index contributed by atoms with van der Waals surface area (Å²) in [5.41, 5.74) is 2.97.